The second kappa shape index (κ2) is 4.58. The lowest BCUT2D eigenvalue weighted by molar-refractivity contribution is 0.479. The molecule has 0 radical (unpaired) electrons. The Morgan fingerprint density at radius 2 is 2.00 bits per heavy atom. The van der Waals surface area contributed by atoms with Crippen molar-refractivity contribution in [2.75, 3.05) is 7.05 Å². The molecule has 1 N–H and O–H groups in total. The molecule has 0 aliphatic heterocycles. The van der Waals surface area contributed by atoms with Crippen molar-refractivity contribution in [3.05, 3.63) is 48.3 Å². The summed E-state index contributed by atoms with van der Waals surface area (Å²) in [6.07, 6.45) is 3.20. The Labute approximate surface area is 108 Å². The molecule has 1 aromatic heterocycles. The standard InChI is InChI=1S/C15H19N3/c1-11-10-13(11)15(16-2)14-8-9-17-18(14)12-6-4-3-5-7-12/h3-9,11,13,15-16H,10H2,1-2H3. The van der Waals surface area contributed by atoms with Gasteiger partial charge in [-0.05, 0) is 43.5 Å². The summed E-state index contributed by atoms with van der Waals surface area (Å²) in [5, 5.41) is 7.91. The maximum Gasteiger partial charge on any atom is 0.0649 e. The molecule has 3 heteroatoms. The Bertz CT molecular complexity index is 518. The molecule has 1 aromatic carbocycles. The molecular formula is C15H19N3. The second-order valence-corrected chi connectivity index (χ2v) is 5.15. The predicted molar refractivity (Wildman–Crippen MR) is 72.6 cm³/mol. The van der Waals surface area contributed by atoms with Crippen LogP contribution in [0.25, 0.3) is 5.69 Å². The highest BCUT2D eigenvalue weighted by atomic mass is 15.3. The minimum absolute atomic E-state index is 0.405. The van der Waals surface area contributed by atoms with Crippen molar-refractivity contribution in [1.29, 1.82) is 0 Å². The van der Waals surface area contributed by atoms with Gasteiger partial charge in [-0.3, -0.25) is 0 Å². The molecule has 94 valence electrons. The van der Waals surface area contributed by atoms with Crippen molar-refractivity contribution in [2.45, 2.75) is 19.4 Å². The van der Waals surface area contributed by atoms with Crippen LogP contribution in [0.4, 0.5) is 0 Å². The van der Waals surface area contributed by atoms with Gasteiger partial charge in [0.1, 0.15) is 0 Å². The van der Waals surface area contributed by atoms with Gasteiger partial charge in [0.2, 0.25) is 0 Å². The van der Waals surface area contributed by atoms with E-state index in [1.165, 1.54) is 12.1 Å². The lowest BCUT2D eigenvalue weighted by Crippen LogP contribution is -2.22. The highest BCUT2D eigenvalue weighted by molar-refractivity contribution is 5.33. The van der Waals surface area contributed by atoms with E-state index in [4.69, 9.17) is 0 Å². The molecule has 3 atom stereocenters. The van der Waals surface area contributed by atoms with Crippen molar-refractivity contribution in [1.82, 2.24) is 15.1 Å². The summed E-state index contributed by atoms with van der Waals surface area (Å²) in [5.41, 5.74) is 2.39. The zero-order valence-electron chi connectivity index (χ0n) is 10.9. The molecule has 1 aliphatic carbocycles. The Hall–Kier alpha value is -1.61. The van der Waals surface area contributed by atoms with Gasteiger partial charge in [-0.2, -0.15) is 5.10 Å². The smallest absolute Gasteiger partial charge is 0.0649 e. The van der Waals surface area contributed by atoms with Gasteiger partial charge in [-0.15, -0.1) is 0 Å². The third-order valence-corrected chi connectivity index (χ3v) is 3.90. The van der Waals surface area contributed by atoms with Gasteiger partial charge in [-0.25, -0.2) is 4.68 Å². The first-order valence-electron chi connectivity index (χ1n) is 6.58. The molecule has 3 nitrogen and oxygen atoms in total. The summed E-state index contributed by atoms with van der Waals surface area (Å²) in [5.74, 6) is 1.57. The second-order valence-electron chi connectivity index (χ2n) is 5.15. The quantitative estimate of drug-likeness (QED) is 0.892. The number of rotatable bonds is 4. The van der Waals surface area contributed by atoms with Gasteiger partial charge < -0.3 is 5.32 Å². The van der Waals surface area contributed by atoms with E-state index in [2.05, 4.69) is 47.7 Å². The Kier molecular flexibility index (Phi) is 2.92. The summed E-state index contributed by atoms with van der Waals surface area (Å²) < 4.78 is 2.05. The zero-order valence-corrected chi connectivity index (χ0v) is 10.9. The lowest BCUT2D eigenvalue weighted by atomic mass is 10.1. The van der Waals surface area contributed by atoms with Crippen molar-refractivity contribution < 1.29 is 0 Å². The number of nitrogens with one attached hydrogen (secondary N) is 1. The number of aromatic nitrogens is 2. The van der Waals surface area contributed by atoms with E-state index in [0.29, 0.717) is 6.04 Å². The normalized spacial score (nSPS) is 23.9. The number of para-hydroxylation sites is 1. The predicted octanol–water partition coefficient (Wildman–Crippen LogP) is 2.79. The third-order valence-electron chi connectivity index (χ3n) is 3.90. The van der Waals surface area contributed by atoms with Crippen molar-refractivity contribution >= 4 is 0 Å². The highest BCUT2D eigenvalue weighted by Gasteiger charge is 2.40. The van der Waals surface area contributed by atoms with Crippen molar-refractivity contribution in [3.8, 4) is 5.69 Å². The van der Waals surface area contributed by atoms with Crippen LogP contribution in [0.5, 0.6) is 0 Å². The molecule has 0 amide bonds. The van der Waals surface area contributed by atoms with Gasteiger partial charge in [0.05, 0.1) is 17.4 Å². The summed E-state index contributed by atoms with van der Waals surface area (Å²) in [6.45, 7) is 2.32. The molecule has 2 aromatic rings. The molecule has 1 saturated carbocycles. The molecule has 3 unspecified atom stereocenters. The van der Waals surface area contributed by atoms with Crippen LogP contribution in [0.15, 0.2) is 42.6 Å². The fraction of sp³-hybridized carbons (Fsp3) is 0.400. The van der Waals surface area contributed by atoms with Crippen LogP contribution in [0, 0.1) is 11.8 Å². The molecule has 3 rings (SSSR count). The van der Waals surface area contributed by atoms with Gasteiger partial charge in [0.15, 0.2) is 0 Å². The SMILES string of the molecule is CNC(c1ccnn1-c1ccccc1)C1CC1C. The molecule has 0 bridgehead atoms. The maximum absolute atomic E-state index is 4.47. The van der Waals surface area contributed by atoms with E-state index >= 15 is 0 Å². The monoisotopic (exact) mass is 241 g/mol. The van der Waals surface area contributed by atoms with Gasteiger partial charge in [-0.1, -0.05) is 25.1 Å². The number of hydrogen-bond acceptors (Lipinski definition) is 2. The Morgan fingerprint density at radius 1 is 1.28 bits per heavy atom. The van der Waals surface area contributed by atoms with E-state index in [1.807, 2.05) is 24.0 Å². The topological polar surface area (TPSA) is 29.9 Å². The summed E-state index contributed by atoms with van der Waals surface area (Å²) >= 11 is 0. The van der Waals surface area contributed by atoms with Crippen molar-refractivity contribution in [2.24, 2.45) is 11.8 Å². The Morgan fingerprint density at radius 3 is 2.61 bits per heavy atom. The van der Waals surface area contributed by atoms with Crippen LogP contribution < -0.4 is 5.32 Å². The van der Waals surface area contributed by atoms with Crippen molar-refractivity contribution in [3.63, 3.8) is 0 Å². The number of nitrogens with zero attached hydrogens (tertiary/aromatic N) is 2. The molecular weight excluding hydrogens is 222 g/mol. The van der Waals surface area contributed by atoms with E-state index in [1.54, 1.807) is 0 Å². The Balaban J connectivity index is 1.96. The van der Waals surface area contributed by atoms with Crippen LogP contribution in [0.2, 0.25) is 0 Å². The molecule has 0 saturated heterocycles. The van der Waals surface area contributed by atoms with E-state index in [9.17, 15) is 0 Å². The third kappa shape index (κ3) is 1.95. The largest absolute Gasteiger partial charge is 0.311 e. The fourth-order valence-corrected chi connectivity index (χ4v) is 2.73. The van der Waals surface area contributed by atoms with E-state index < -0.39 is 0 Å². The average Bonchev–Trinajstić information content (AvgIpc) is 2.93. The van der Waals surface area contributed by atoms with E-state index in [0.717, 1.165) is 17.5 Å². The first-order chi connectivity index (χ1) is 8.81. The molecule has 1 aliphatic rings. The van der Waals surface area contributed by atoms with Crippen LogP contribution >= 0.6 is 0 Å². The first-order valence-corrected chi connectivity index (χ1v) is 6.58. The van der Waals surface area contributed by atoms with Crippen LogP contribution in [-0.2, 0) is 0 Å². The van der Waals surface area contributed by atoms with E-state index in [-0.39, 0.29) is 0 Å². The molecule has 1 fully saturated rings. The number of benzene rings is 1. The minimum atomic E-state index is 0.405. The molecule has 18 heavy (non-hydrogen) atoms. The number of hydrogen-bond donors (Lipinski definition) is 1. The van der Waals surface area contributed by atoms with Gasteiger partial charge in [0, 0.05) is 6.20 Å². The highest BCUT2D eigenvalue weighted by Crippen LogP contribution is 2.46. The minimum Gasteiger partial charge on any atom is -0.311 e. The summed E-state index contributed by atoms with van der Waals surface area (Å²) in [6, 6.07) is 12.9. The molecule has 1 heterocycles. The fourth-order valence-electron chi connectivity index (χ4n) is 2.73. The average molecular weight is 241 g/mol. The van der Waals surface area contributed by atoms with Crippen LogP contribution in [0.1, 0.15) is 25.1 Å². The van der Waals surface area contributed by atoms with Crippen LogP contribution in [0.3, 0.4) is 0 Å². The maximum atomic E-state index is 4.47. The zero-order chi connectivity index (χ0) is 12.5. The van der Waals surface area contributed by atoms with Gasteiger partial charge in [0.25, 0.3) is 0 Å². The van der Waals surface area contributed by atoms with Gasteiger partial charge >= 0.3 is 0 Å². The first kappa shape index (κ1) is 11.5. The summed E-state index contributed by atoms with van der Waals surface area (Å²) in [4.78, 5) is 0. The summed E-state index contributed by atoms with van der Waals surface area (Å²) in [7, 11) is 2.04. The lowest BCUT2D eigenvalue weighted by Gasteiger charge is -2.18. The van der Waals surface area contributed by atoms with Crippen LogP contribution in [-0.4, -0.2) is 16.8 Å². The molecule has 0 spiro atoms.